The Labute approximate surface area is 231 Å². The lowest BCUT2D eigenvalue weighted by Crippen LogP contribution is -2.58. The number of imidazole rings is 2. The molecule has 0 saturated heterocycles. The van der Waals surface area contributed by atoms with Crippen LogP contribution in [0.3, 0.4) is 0 Å². The molecule has 0 bridgehead atoms. The molecule has 0 saturated carbocycles. The van der Waals surface area contributed by atoms with Gasteiger partial charge < -0.3 is 36.8 Å². The predicted molar refractivity (Wildman–Crippen MR) is 146 cm³/mol. The van der Waals surface area contributed by atoms with Crippen molar-refractivity contribution in [3.63, 3.8) is 0 Å². The van der Waals surface area contributed by atoms with E-state index < -0.39 is 47.9 Å². The fourth-order valence-corrected chi connectivity index (χ4v) is 4.03. The first-order valence-corrected chi connectivity index (χ1v) is 13.1. The molecule has 0 aliphatic carbocycles. The predicted octanol–water partition coefficient (Wildman–Crippen LogP) is 0.0731. The van der Waals surface area contributed by atoms with Gasteiger partial charge in [-0.2, -0.15) is 0 Å². The zero-order valence-electron chi connectivity index (χ0n) is 22.5. The first-order chi connectivity index (χ1) is 19.2. The standard InChI is InChI=1S/C27H36N8O5/c1-3-16(2)23(28)26(38)34-21(11-19-13-30-15-32-19)24(36)33-20(10-18-12-29-14-31-18)25(37)35-22(27(39)40)9-17-7-5-4-6-8-17/h4-8,12-16,20-23H,3,9-11,28H2,1-2H3,(H,29,31)(H,30,32)(H,33,36)(H,34,38)(H,35,37)(H,39,40). The average Bonchev–Trinajstić information content (AvgIpc) is 3.66. The van der Waals surface area contributed by atoms with E-state index in [1.54, 1.807) is 24.3 Å². The Bertz CT molecular complexity index is 1230. The lowest BCUT2D eigenvalue weighted by atomic mass is 9.98. The van der Waals surface area contributed by atoms with Gasteiger partial charge in [0.1, 0.15) is 18.1 Å². The number of carboxylic acid groups (broad SMARTS) is 1. The van der Waals surface area contributed by atoms with Gasteiger partial charge in [-0.1, -0.05) is 50.6 Å². The largest absolute Gasteiger partial charge is 0.480 e. The quantitative estimate of drug-likeness (QED) is 0.137. The fraction of sp³-hybridized carbons (Fsp3) is 0.407. The Morgan fingerprint density at radius 1 is 0.825 bits per heavy atom. The number of aromatic amines is 2. The minimum absolute atomic E-state index is 0.00631. The Balaban J connectivity index is 1.79. The van der Waals surface area contributed by atoms with Crippen molar-refractivity contribution in [3.05, 3.63) is 72.3 Å². The van der Waals surface area contributed by atoms with Crippen molar-refractivity contribution in [1.29, 1.82) is 0 Å². The van der Waals surface area contributed by atoms with Crippen molar-refractivity contribution in [2.24, 2.45) is 11.7 Å². The Morgan fingerprint density at radius 3 is 1.77 bits per heavy atom. The van der Waals surface area contributed by atoms with E-state index in [0.717, 1.165) is 5.56 Å². The molecule has 1 aromatic carbocycles. The smallest absolute Gasteiger partial charge is 0.326 e. The van der Waals surface area contributed by atoms with Crippen molar-refractivity contribution in [3.8, 4) is 0 Å². The Morgan fingerprint density at radius 2 is 1.32 bits per heavy atom. The summed E-state index contributed by atoms with van der Waals surface area (Å²) in [6.07, 6.45) is 6.70. The summed E-state index contributed by atoms with van der Waals surface area (Å²) in [6.45, 7) is 3.75. The number of carboxylic acids is 1. The van der Waals surface area contributed by atoms with Crippen LogP contribution in [-0.4, -0.2) is 72.9 Å². The number of hydrogen-bond donors (Lipinski definition) is 7. The van der Waals surface area contributed by atoms with E-state index in [1.807, 2.05) is 19.9 Å². The lowest BCUT2D eigenvalue weighted by molar-refractivity contribution is -0.142. The molecule has 214 valence electrons. The molecule has 3 amide bonds. The van der Waals surface area contributed by atoms with Crippen molar-refractivity contribution >= 4 is 23.7 Å². The molecular weight excluding hydrogens is 516 g/mol. The summed E-state index contributed by atoms with van der Waals surface area (Å²) in [5.74, 6) is -3.18. The maximum atomic E-state index is 13.5. The summed E-state index contributed by atoms with van der Waals surface area (Å²) >= 11 is 0. The second kappa shape index (κ2) is 14.6. The van der Waals surface area contributed by atoms with E-state index in [9.17, 15) is 24.3 Å². The molecule has 3 aromatic rings. The Kier molecular flexibility index (Phi) is 10.9. The van der Waals surface area contributed by atoms with Crippen molar-refractivity contribution in [1.82, 2.24) is 35.9 Å². The van der Waals surface area contributed by atoms with Crippen LogP contribution in [0.2, 0.25) is 0 Å². The van der Waals surface area contributed by atoms with Crippen LogP contribution < -0.4 is 21.7 Å². The summed E-state index contributed by atoms with van der Waals surface area (Å²) in [5, 5.41) is 17.7. The third-order valence-electron chi connectivity index (χ3n) is 6.68. The topological polar surface area (TPSA) is 208 Å². The number of carbonyl (C=O) groups excluding carboxylic acids is 3. The molecule has 2 aromatic heterocycles. The number of aromatic nitrogens is 4. The minimum atomic E-state index is -1.23. The van der Waals surface area contributed by atoms with Gasteiger partial charge in [0.05, 0.1) is 18.7 Å². The van der Waals surface area contributed by atoms with Gasteiger partial charge in [0, 0.05) is 43.0 Å². The molecule has 0 aliphatic rings. The first-order valence-electron chi connectivity index (χ1n) is 13.1. The number of aliphatic carboxylic acids is 1. The average molecular weight is 553 g/mol. The van der Waals surface area contributed by atoms with E-state index in [-0.39, 0.29) is 25.2 Å². The molecule has 40 heavy (non-hydrogen) atoms. The minimum Gasteiger partial charge on any atom is -0.480 e. The van der Waals surface area contributed by atoms with Crippen LogP contribution in [0.4, 0.5) is 0 Å². The molecule has 3 rings (SSSR count). The first kappa shape index (κ1) is 30.0. The van der Waals surface area contributed by atoms with Gasteiger partial charge in [-0.25, -0.2) is 14.8 Å². The number of amides is 3. The second-order valence-electron chi connectivity index (χ2n) is 9.68. The molecule has 0 fully saturated rings. The van der Waals surface area contributed by atoms with Crippen LogP contribution in [0.15, 0.2) is 55.4 Å². The van der Waals surface area contributed by atoms with Crippen molar-refractivity contribution in [2.45, 2.75) is 63.7 Å². The number of rotatable bonds is 15. The summed E-state index contributed by atoms with van der Waals surface area (Å²) in [5.41, 5.74) is 7.94. The van der Waals surface area contributed by atoms with E-state index in [1.165, 1.54) is 25.0 Å². The summed E-state index contributed by atoms with van der Waals surface area (Å²) < 4.78 is 0. The number of nitrogens with zero attached hydrogens (tertiary/aromatic N) is 2. The maximum absolute atomic E-state index is 13.5. The molecule has 2 heterocycles. The van der Waals surface area contributed by atoms with Crippen molar-refractivity contribution in [2.75, 3.05) is 0 Å². The normalized spacial score (nSPS) is 14.8. The molecule has 8 N–H and O–H groups in total. The van der Waals surface area contributed by atoms with Crippen LogP contribution in [-0.2, 0) is 38.4 Å². The van der Waals surface area contributed by atoms with Gasteiger partial charge in [-0.15, -0.1) is 0 Å². The zero-order chi connectivity index (χ0) is 29.1. The van der Waals surface area contributed by atoms with Crippen molar-refractivity contribution < 1.29 is 24.3 Å². The molecule has 0 radical (unpaired) electrons. The second-order valence-corrected chi connectivity index (χ2v) is 9.68. The summed E-state index contributed by atoms with van der Waals surface area (Å²) in [7, 11) is 0. The highest BCUT2D eigenvalue weighted by Gasteiger charge is 2.32. The molecule has 13 heteroatoms. The van der Waals surface area contributed by atoms with Gasteiger partial charge in [-0.05, 0) is 11.5 Å². The van der Waals surface area contributed by atoms with Gasteiger partial charge in [0.2, 0.25) is 17.7 Å². The number of nitrogens with two attached hydrogens (primary N) is 1. The molecule has 5 unspecified atom stereocenters. The monoisotopic (exact) mass is 552 g/mol. The van der Waals surface area contributed by atoms with Gasteiger partial charge in [0.15, 0.2) is 0 Å². The van der Waals surface area contributed by atoms with E-state index in [2.05, 4.69) is 35.9 Å². The van der Waals surface area contributed by atoms with Gasteiger partial charge in [-0.3, -0.25) is 14.4 Å². The summed E-state index contributed by atoms with van der Waals surface area (Å²) in [6, 6.07) is 4.57. The maximum Gasteiger partial charge on any atom is 0.326 e. The van der Waals surface area contributed by atoms with E-state index in [0.29, 0.717) is 17.8 Å². The number of benzene rings is 1. The highest BCUT2D eigenvalue weighted by molar-refractivity contribution is 5.94. The van der Waals surface area contributed by atoms with Gasteiger partial charge in [0.25, 0.3) is 0 Å². The van der Waals surface area contributed by atoms with E-state index in [4.69, 9.17) is 5.73 Å². The SMILES string of the molecule is CCC(C)C(N)C(=O)NC(Cc1cnc[nH]1)C(=O)NC(Cc1cnc[nH]1)C(=O)NC(Cc1ccccc1)C(=O)O. The van der Waals surface area contributed by atoms with Crippen LogP contribution in [0.5, 0.6) is 0 Å². The number of H-pyrrole nitrogens is 2. The van der Waals surface area contributed by atoms with Crippen LogP contribution in [0.25, 0.3) is 0 Å². The molecule has 13 nitrogen and oxygen atoms in total. The van der Waals surface area contributed by atoms with Crippen LogP contribution in [0, 0.1) is 5.92 Å². The van der Waals surface area contributed by atoms with E-state index >= 15 is 0 Å². The van der Waals surface area contributed by atoms with Crippen LogP contribution in [0.1, 0.15) is 37.2 Å². The highest BCUT2D eigenvalue weighted by Crippen LogP contribution is 2.09. The fourth-order valence-electron chi connectivity index (χ4n) is 4.03. The van der Waals surface area contributed by atoms with Crippen LogP contribution >= 0.6 is 0 Å². The number of carbonyl (C=O) groups is 4. The third kappa shape index (κ3) is 8.76. The zero-order valence-corrected chi connectivity index (χ0v) is 22.5. The molecular formula is C27H36N8O5. The van der Waals surface area contributed by atoms with Gasteiger partial charge >= 0.3 is 5.97 Å². The molecule has 0 spiro atoms. The number of nitrogens with one attached hydrogen (secondary N) is 5. The lowest BCUT2D eigenvalue weighted by Gasteiger charge is -2.26. The third-order valence-corrected chi connectivity index (χ3v) is 6.68. The summed E-state index contributed by atoms with van der Waals surface area (Å²) in [4.78, 5) is 65.4. The molecule has 0 aliphatic heterocycles. The highest BCUT2D eigenvalue weighted by atomic mass is 16.4. The Hall–Kier alpha value is -4.52. The number of hydrogen-bond acceptors (Lipinski definition) is 7. The molecule has 5 atom stereocenters.